The highest BCUT2D eigenvalue weighted by Gasteiger charge is 2.20. The van der Waals surface area contributed by atoms with Gasteiger partial charge in [0.2, 0.25) is 0 Å². The minimum atomic E-state index is -0.653. The van der Waals surface area contributed by atoms with Crippen LogP contribution < -0.4 is 14.8 Å². The third-order valence-electron chi connectivity index (χ3n) is 4.91. The molecule has 0 bridgehead atoms. The highest BCUT2D eigenvalue weighted by Crippen LogP contribution is 2.29. The maximum atomic E-state index is 12.6. The molecule has 0 saturated carbocycles. The Morgan fingerprint density at radius 3 is 2.21 bits per heavy atom. The van der Waals surface area contributed by atoms with Gasteiger partial charge in [-0.2, -0.15) is 0 Å². The van der Waals surface area contributed by atoms with E-state index in [1.165, 1.54) is 0 Å². The molecule has 0 aromatic heterocycles. The number of ether oxygens (including phenoxy) is 4. The van der Waals surface area contributed by atoms with Crippen LogP contribution in [-0.4, -0.2) is 44.1 Å². The summed E-state index contributed by atoms with van der Waals surface area (Å²) in [6, 6.07) is 13.9. The predicted octanol–water partition coefficient (Wildman–Crippen LogP) is 4.65. The molecular weight excluding hydrogens is 426 g/mol. The fourth-order valence-electron chi connectivity index (χ4n) is 2.97. The van der Waals surface area contributed by atoms with Gasteiger partial charge in [0.25, 0.3) is 0 Å². The van der Waals surface area contributed by atoms with E-state index in [1.54, 1.807) is 69.5 Å². The second kappa shape index (κ2) is 13.1. The highest BCUT2D eigenvalue weighted by atomic mass is 16.6. The van der Waals surface area contributed by atoms with Gasteiger partial charge < -0.3 is 24.1 Å². The number of esters is 1. The Kier molecular flexibility index (Phi) is 10.2. The quantitative estimate of drug-likeness (QED) is 0.374. The molecule has 178 valence electrons. The number of benzene rings is 2. The molecule has 0 aliphatic heterocycles. The number of aliphatic hydroxyl groups is 1. The van der Waals surface area contributed by atoms with E-state index in [-0.39, 0.29) is 19.8 Å². The highest BCUT2D eigenvalue weighted by molar-refractivity contribution is 5.88. The predicted molar refractivity (Wildman–Crippen MR) is 124 cm³/mol. The van der Waals surface area contributed by atoms with Gasteiger partial charge in [-0.1, -0.05) is 17.7 Å². The van der Waals surface area contributed by atoms with Crippen LogP contribution in [0.5, 0.6) is 11.5 Å². The Balaban J connectivity index is 2.20. The van der Waals surface area contributed by atoms with Crippen molar-refractivity contribution in [1.29, 1.82) is 0 Å². The van der Waals surface area contributed by atoms with Gasteiger partial charge in [-0.15, -0.1) is 0 Å². The van der Waals surface area contributed by atoms with Crippen molar-refractivity contribution in [1.82, 2.24) is 0 Å². The van der Waals surface area contributed by atoms with Crippen LogP contribution in [0.3, 0.4) is 0 Å². The number of carbonyl (C=O) groups excluding carboxylic acids is 2. The standard InChI is InChI=1S/C25H31NO7/c1-5-31-24(28)18(3)17(2)16-23(19-6-10-22(11-7-19)32-15-14-27)33-25(29)26-20-8-12-21(30-4)13-9-20/h6-13,23,27H,5,14-16H2,1-4H3,(H,26,29)/b18-17+/t23-/m1/s1. The number of amides is 1. The Bertz CT molecular complexity index is 936. The van der Waals surface area contributed by atoms with E-state index < -0.39 is 18.2 Å². The lowest BCUT2D eigenvalue weighted by Gasteiger charge is -2.20. The molecule has 0 radical (unpaired) electrons. The third kappa shape index (κ3) is 8.16. The first-order chi connectivity index (χ1) is 15.9. The SMILES string of the molecule is CCOC(=O)/C(C)=C(\C)C[C@@H](OC(=O)Nc1ccc(OC)cc1)c1ccc(OCCO)cc1. The summed E-state index contributed by atoms with van der Waals surface area (Å²) in [5, 5.41) is 11.6. The first kappa shape index (κ1) is 25.7. The summed E-state index contributed by atoms with van der Waals surface area (Å²) in [6.45, 7) is 5.62. The first-order valence-electron chi connectivity index (χ1n) is 10.7. The molecular formula is C25H31NO7. The molecule has 0 saturated heterocycles. The monoisotopic (exact) mass is 457 g/mol. The molecule has 2 aromatic carbocycles. The van der Waals surface area contributed by atoms with Crippen LogP contribution in [0.2, 0.25) is 0 Å². The summed E-state index contributed by atoms with van der Waals surface area (Å²) >= 11 is 0. The number of hydrogen-bond donors (Lipinski definition) is 2. The Morgan fingerprint density at radius 2 is 1.64 bits per heavy atom. The molecule has 0 aliphatic carbocycles. The zero-order chi connectivity index (χ0) is 24.2. The van der Waals surface area contributed by atoms with Gasteiger partial charge >= 0.3 is 12.1 Å². The Labute approximate surface area is 194 Å². The Hall–Kier alpha value is -3.52. The molecule has 8 heteroatoms. The topological polar surface area (TPSA) is 103 Å². The number of methoxy groups -OCH3 is 1. The van der Waals surface area contributed by atoms with Gasteiger partial charge in [0.05, 0.1) is 20.3 Å². The molecule has 8 nitrogen and oxygen atoms in total. The van der Waals surface area contributed by atoms with E-state index in [0.717, 1.165) is 11.1 Å². The van der Waals surface area contributed by atoms with E-state index in [2.05, 4.69) is 5.32 Å². The van der Waals surface area contributed by atoms with Gasteiger partial charge in [-0.3, -0.25) is 5.32 Å². The Morgan fingerprint density at radius 1 is 1.00 bits per heavy atom. The van der Waals surface area contributed by atoms with Gasteiger partial charge in [0.1, 0.15) is 24.2 Å². The number of rotatable bonds is 11. The van der Waals surface area contributed by atoms with E-state index in [4.69, 9.17) is 24.1 Å². The summed E-state index contributed by atoms with van der Waals surface area (Å²) in [6.07, 6.45) is -0.982. The van der Waals surface area contributed by atoms with Crippen molar-refractivity contribution in [3.05, 3.63) is 65.2 Å². The maximum absolute atomic E-state index is 12.6. The fraction of sp³-hybridized carbons (Fsp3) is 0.360. The van der Waals surface area contributed by atoms with Crippen molar-refractivity contribution in [2.75, 3.05) is 32.2 Å². The molecule has 33 heavy (non-hydrogen) atoms. The summed E-state index contributed by atoms with van der Waals surface area (Å²) in [5.41, 5.74) is 2.51. The number of anilines is 1. The summed E-state index contributed by atoms with van der Waals surface area (Å²) < 4.78 is 21.3. The molecule has 1 atom stereocenters. The summed E-state index contributed by atoms with van der Waals surface area (Å²) in [4.78, 5) is 24.7. The van der Waals surface area contributed by atoms with E-state index in [9.17, 15) is 9.59 Å². The number of aliphatic hydroxyl groups excluding tert-OH is 1. The van der Waals surface area contributed by atoms with Crippen LogP contribution in [-0.2, 0) is 14.3 Å². The average Bonchev–Trinajstić information content (AvgIpc) is 2.82. The lowest BCUT2D eigenvalue weighted by molar-refractivity contribution is -0.138. The zero-order valence-corrected chi connectivity index (χ0v) is 19.4. The molecule has 1 amide bonds. The maximum Gasteiger partial charge on any atom is 0.412 e. The minimum Gasteiger partial charge on any atom is -0.497 e. The normalized spacial score (nSPS) is 12.3. The molecule has 2 aromatic rings. The van der Waals surface area contributed by atoms with Gasteiger partial charge in [0, 0.05) is 17.7 Å². The van der Waals surface area contributed by atoms with Gasteiger partial charge in [-0.05, 0) is 62.7 Å². The van der Waals surface area contributed by atoms with Crippen molar-refractivity contribution >= 4 is 17.7 Å². The molecule has 0 aliphatic rings. The first-order valence-corrected chi connectivity index (χ1v) is 10.7. The second-order valence-electron chi connectivity index (χ2n) is 7.22. The number of carbonyl (C=O) groups is 2. The van der Waals surface area contributed by atoms with Crippen molar-refractivity contribution in [3.8, 4) is 11.5 Å². The molecule has 0 spiro atoms. The van der Waals surface area contributed by atoms with E-state index in [0.29, 0.717) is 29.2 Å². The van der Waals surface area contributed by atoms with E-state index in [1.807, 2.05) is 6.92 Å². The largest absolute Gasteiger partial charge is 0.497 e. The van der Waals surface area contributed by atoms with Crippen LogP contribution in [0.1, 0.15) is 38.9 Å². The van der Waals surface area contributed by atoms with Crippen LogP contribution in [0, 0.1) is 0 Å². The molecule has 0 heterocycles. The number of nitrogens with one attached hydrogen (secondary N) is 1. The molecule has 0 fully saturated rings. The van der Waals surface area contributed by atoms with Crippen molar-refractivity contribution in [2.24, 2.45) is 0 Å². The van der Waals surface area contributed by atoms with Gasteiger partial charge in [-0.25, -0.2) is 9.59 Å². The molecule has 2 rings (SSSR count). The van der Waals surface area contributed by atoms with Crippen molar-refractivity contribution < 1.29 is 33.6 Å². The molecule has 0 unspecified atom stereocenters. The lowest BCUT2D eigenvalue weighted by atomic mass is 9.99. The van der Waals surface area contributed by atoms with E-state index >= 15 is 0 Å². The number of hydrogen-bond acceptors (Lipinski definition) is 7. The fourth-order valence-corrected chi connectivity index (χ4v) is 2.97. The van der Waals surface area contributed by atoms with Crippen molar-refractivity contribution in [2.45, 2.75) is 33.3 Å². The lowest BCUT2D eigenvalue weighted by Crippen LogP contribution is -2.18. The zero-order valence-electron chi connectivity index (χ0n) is 19.4. The summed E-state index contributed by atoms with van der Waals surface area (Å²) in [5.74, 6) is 0.860. The minimum absolute atomic E-state index is 0.0872. The van der Waals surface area contributed by atoms with Crippen LogP contribution in [0.15, 0.2) is 59.7 Å². The third-order valence-corrected chi connectivity index (χ3v) is 4.91. The van der Waals surface area contributed by atoms with Crippen LogP contribution >= 0.6 is 0 Å². The van der Waals surface area contributed by atoms with Gasteiger partial charge in [0.15, 0.2) is 0 Å². The van der Waals surface area contributed by atoms with Crippen LogP contribution in [0.25, 0.3) is 0 Å². The molecule has 2 N–H and O–H groups in total. The average molecular weight is 458 g/mol. The smallest absolute Gasteiger partial charge is 0.412 e. The second-order valence-corrected chi connectivity index (χ2v) is 7.22. The van der Waals surface area contributed by atoms with Crippen LogP contribution in [0.4, 0.5) is 10.5 Å². The summed E-state index contributed by atoms with van der Waals surface area (Å²) in [7, 11) is 1.57. The van der Waals surface area contributed by atoms with Crippen molar-refractivity contribution in [3.63, 3.8) is 0 Å².